The Kier molecular flexibility index (Phi) is 4.37. The average molecular weight is 294 g/mol. The highest BCUT2D eigenvalue weighted by molar-refractivity contribution is 6.32. The number of aryl methyl sites for hydroxylation is 1. The van der Waals surface area contributed by atoms with E-state index in [1.165, 1.54) is 12.4 Å². The van der Waals surface area contributed by atoms with Crippen LogP contribution in [-0.2, 0) is 18.4 Å². The number of halogens is 1. The van der Waals surface area contributed by atoms with Gasteiger partial charge in [-0.1, -0.05) is 17.7 Å². The molecule has 6 nitrogen and oxygen atoms in total. The molecule has 0 aliphatic carbocycles. The second-order valence-electron chi connectivity index (χ2n) is 3.91. The second kappa shape index (κ2) is 6.21. The summed E-state index contributed by atoms with van der Waals surface area (Å²) in [5.41, 5.74) is 0.513. The predicted octanol–water partition coefficient (Wildman–Crippen LogP) is 2.15. The molecule has 2 aromatic rings. The number of aromatic nitrogens is 3. The molecule has 104 valence electrons. The van der Waals surface area contributed by atoms with Gasteiger partial charge in [0.05, 0.1) is 5.02 Å². The molecule has 0 spiro atoms. The van der Waals surface area contributed by atoms with Gasteiger partial charge in [0.25, 0.3) is 0 Å². The van der Waals surface area contributed by atoms with E-state index in [-0.39, 0.29) is 6.61 Å². The summed E-state index contributed by atoms with van der Waals surface area (Å²) in [7, 11) is 1.76. The zero-order valence-electron chi connectivity index (χ0n) is 10.7. The lowest BCUT2D eigenvalue weighted by atomic mass is 10.2. The Labute approximate surface area is 120 Å². The van der Waals surface area contributed by atoms with Crippen molar-refractivity contribution < 1.29 is 14.6 Å². The maximum atomic E-state index is 10.6. The van der Waals surface area contributed by atoms with E-state index in [4.69, 9.17) is 21.4 Å². The third kappa shape index (κ3) is 3.36. The number of carboxylic acid groups (broad SMARTS) is 1. The van der Waals surface area contributed by atoms with E-state index in [1.54, 1.807) is 29.9 Å². The molecule has 0 amide bonds. The van der Waals surface area contributed by atoms with Gasteiger partial charge in [0, 0.05) is 18.7 Å². The third-order valence-electron chi connectivity index (χ3n) is 2.57. The van der Waals surface area contributed by atoms with Crippen LogP contribution in [0.25, 0.3) is 6.08 Å². The van der Waals surface area contributed by atoms with E-state index >= 15 is 0 Å². The molecule has 7 heteroatoms. The highest BCUT2D eigenvalue weighted by Crippen LogP contribution is 2.28. The van der Waals surface area contributed by atoms with E-state index in [1.807, 2.05) is 0 Å². The van der Waals surface area contributed by atoms with Crippen LogP contribution in [0.15, 0.2) is 30.6 Å². The van der Waals surface area contributed by atoms with E-state index < -0.39 is 5.97 Å². The van der Waals surface area contributed by atoms with Gasteiger partial charge in [-0.05, 0) is 18.2 Å². The van der Waals surface area contributed by atoms with E-state index in [2.05, 4.69) is 10.1 Å². The van der Waals surface area contributed by atoms with Gasteiger partial charge in [0.2, 0.25) is 0 Å². The topological polar surface area (TPSA) is 77.2 Å². The zero-order chi connectivity index (χ0) is 14.5. The summed E-state index contributed by atoms with van der Waals surface area (Å²) in [6.07, 6.45) is 3.84. The van der Waals surface area contributed by atoms with Crippen molar-refractivity contribution in [3.05, 3.63) is 47.0 Å². The van der Waals surface area contributed by atoms with Crippen LogP contribution in [0.3, 0.4) is 0 Å². The molecule has 0 fully saturated rings. The molecular weight excluding hydrogens is 282 g/mol. The lowest BCUT2D eigenvalue weighted by Crippen LogP contribution is -2.05. The molecule has 1 aromatic carbocycles. The summed E-state index contributed by atoms with van der Waals surface area (Å²) in [6, 6.07) is 5.11. The smallest absolute Gasteiger partial charge is 0.328 e. The fourth-order valence-corrected chi connectivity index (χ4v) is 1.78. The molecule has 0 saturated carbocycles. The van der Waals surface area contributed by atoms with Crippen LogP contribution in [0, 0.1) is 0 Å². The summed E-state index contributed by atoms with van der Waals surface area (Å²) in [5, 5.41) is 13.0. The minimum Gasteiger partial charge on any atom is -0.485 e. The van der Waals surface area contributed by atoms with Crippen LogP contribution in [0.2, 0.25) is 5.02 Å². The number of rotatable bonds is 5. The predicted molar refractivity (Wildman–Crippen MR) is 73.5 cm³/mol. The molecule has 1 heterocycles. The van der Waals surface area contributed by atoms with Crippen molar-refractivity contribution in [3.63, 3.8) is 0 Å². The zero-order valence-corrected chi connectivity index (χ0v) is 11.4. The Morgan fingerprint density at radius 2 is 2.35 bits per heavy atom. The molecule has 0 saturated heterocycles. The van der Waals surface area contributed by atoms with Crippen molar-refractivity contribution in [2.45, 2.75) is 6.61 Å². The van der Waals surface area contributed by atoms with Crippen LogP contribution < -0.4 is 4.74 Å². The summed E-state index contributed by atoms with van der Waals surface area (Å²) in [6.45, 7) is 0.213. The Morgan fingerprint density at radius 1 is 1.55 bits per heavy atom. The molecule has 20 heavy (non-hydrogen) atoms. The fraction of sp³-hybridized carbons (Fsp3) is 0.154. The number of carboxylic acids is 1. The number of hydrogen-bond donors (Lipinski definition) is 1. The van der Waals surface area contributed by atoms with Crippen molar-refractivity contribution in [1.82, 2.24) is 14.8 Å². The standard InChI is InChI=1S/C13H12ClN3O3/c1-17-12(15-8-16-17)7-20-11-4-2-3-10(14)9(11)5-6-13(18)19/h2-6,8H,7H2,1H3,(H,18,19)/b6-5+. The van der Waals surface area contributed by atoms with Crippen molar-refractivity contribution in [2.75, 3.05) is 0 Å². The summed E-state index contributed by atoms with van der Waals surface area (Å²) >= 11 is 6.05. The van der Waals surface area contributed by atoms with Crippen molar-refractivity contribution in [2.24, 2.45) is 7.05 Å². The molecule has 0 radical (unpaired) electrons. The van der Waals surface area contributed by atoms with E-state index in [9.17, 15) is 4.79 Å². The van der Waals surface area contributed by atoms with Crippen LogP contribution in [0.4, 0.5) is 0 Å². The van der Waals surface area contributed by atoms with Gasteiger partial charge in [-0.2, -0.15) is 5.10 Å². The number of carbonyl (C=O) groups is 1. The van der Waals surface area contributed by atoms with Crippen LogP contribution in [0.1, 0.15) is 11.4 Å². The van der Waals surface area contributed by atoms with E-state index in [0.29, 0.717) is 22.2 Å². The van der Waals surface area contributed by atoms with Crippen LogP contribution >= 0.6 is 11.6 Å². The average Bonchev–Trinajstić information content (AvgIpc) is 2.80. The molecule has 0 bridgehead atoms. The Hall–Kier alpha value is -2.34. The Bertz CT molecular complexity index is 652. The lowest BCUT2D eigenvalue weighted by Gasteiger charge is -2.09. The van der Waals surface area contributed by atoms with Gasteiger partial charge in [0.15, 0.2) is 5.82 Å². The molecule has 0 aliphatic heterocycles. The first-order valence-corrected chi connectivity index (χ1v) is 6.11. The maximum Gasteiger partial charge on any atom is 0.328 e. The molecule has 1 N–H and O–H groups in total. The first-order valence-electron chi connectivity index (χ1n) is 5.73. The normalized spacial score (nSPS) is 10.9. The van der Waals surface area contributed by atoms with Crippen LogP contribution in [0.5, 0.6) is 5.75 Å². The molecular formula is C13H12ClN3O3. The third-order valence-corrected chi connectivity index (χ3v) is 2.90. The summed E-state index contributed by atoms with van der Waals surface area (Å²) < 4.78 is 7.22. The Balaban J connectivity index is 2.21. The molecule has 2 rings (SSSR count). The van der Waals surface area contributed by atoms with Crippen molar-refractivity contribution in [3.8, 4) is 5.75 Å². The molecule has 1 aromatic heterocycles. The quantitative estimate of drug-likeness (QED) is 0.855. The Morgan fingerprint density at radius 3 is 3.00 bits per heavy atom. The number of ether oxygens (including phenoxy) is 1. The number of aliphatic carboxylic acids is 1. The first kappa shape index (κ1) is 14.1. The lowest BCUT2D eigenvalue weighted by molar-refractivity contribution is -0.131. The minimum atomic E-state index is -1.05. The fourth-order valence-electron chi connectivity index (χ4n) is 1.55. The number of nitrogens with zero attached hydrogens (tertiary/aromatic N) is 3. The van der Waals surface area contributed by atoms with Crippen molar-refractivity contribution >= 4 is 23.6 Å². The SMILES string of the molecule is Cn1ncnc1COc1cccc(Cl)c1/C=C/C(=O)O. The van der Waals surface area contributed by atoms with Gasteiger partial charge in [-0.3, -0.25) is 4.68 Å². The number of benzene rings is 1. The first-order chi connectivity index (χ1) is 9.58. The van der Waals surface area contributed by atoms with Crippen LogP contribution in [-0.4, -0.2) is 25.8 Å². The summed E-state index contributed by atoms with van der Waals surface area (Å²) in [5.74, 6) is 0.0836. The van der Waals surface area contributed by atoms with Gasteiger partial charge < -0.3 is 9.84 Å². The van der Waals surface area contributed by atoms with E-state index in [0.717, 1.165) is 6.08 Å². The maximum absolute atomic E-state index is 10.6. The van der Waals surface area contributed by atoms with Gasteiger partial charge in [0.1, 0.15) is 18.7 Å². The molecule has 0 aliphatic rings. The molecule has 0 atom stereocenters. The molecule has 0 unspecified atom stereocenters. The monoisotopic (exact) mass is 293 g/mol. The highest BCUT2D eigenvalue weighted by atomic mass is 35.5. The second-order valence-corrected chi connectivity index (χ2v) is 4.32. The minimum absolute atomic E-state index is 0.213. The van der Waals surface area contributed by atoms with Gasteiger partial charge in [-0.25, -0.2) is 9.78 Å². The van der Waals surface area contributed by atoms with Gasteiger partial charge >= 0.3 is 5.97 Å². The number of hydrogen-bond acceptors (Lipinski definition) is 4. The largest absolute Gasteiger partial charge is 0.485 e. The van der Waals surface area contributed by atoms with Gasteiger partial charge in [-0.15, -0.1) is 0 Å². The van der Waals surface area contributed by atoms with Crippen molar-refractivity contribution in [1.29, 1.82) is 0 Å². The summed E-state index contributed by atoms with van der Waals surface area (Å²) in [4.78, 5) is 14.6. The highest BCUT2D eigenvalue weighted by Gasteiger charge is 2.08.